The molecule has 0 aliphatic heterocycles. The van der Waals surface area contributed by atoms with E-state index in [0.717, 1.165) is 117 Å². The predicted molar refractivity (Wildman–Crippen MR) is 370 cm³/mol. The van der Waals surface area contributed by atoms with Crippen molar-refractivity contribution < 1.29 is 13.2 Å². The molecular formula is C83H49F3N8. The van der Waals surface area contributed by atoms with Crippen molar-refractivity contribution in [1.29, 1.82) is 10.5 Å². The molecule has 0 saturated heterocycles. The third-order valence-electron chi connectivity index (χ3n) is 17.6. The van der Waals surface area contributed by atoms with Gasteiger partial charge in [0.05, 0.1) is 85.0 Å². The zero-order chi connectivity index (χ0) is 63.4. The van der Waals surface area contributed by atoms with Crippen molar-refractivity contribution in [3.63, 3.8) is 0 Å². The molecule has 0 fully saturated rings. The quantitative estimate of drug-likeness (QED) is 0.128. The van der Waals surface area contributed by atoms with Crippen LogP contribution in [-0.2, 0) is 6.18 Å². The molecule has 16 aromatic rings. The minimum Gasteiger partial charge on any atom is -0.308 e. The molecule has 0 radical (unpaired) electrons. The number of nitrogens with zero attached hydrogens (tertiary/aromatic N) is 8. The van der Waals surface area contributed by atoms with Gasteiger partial charge in [0.25, 0.3) is 0 Å². The number of fused-ring (bicyclic) bond motifs is 6. The van der Waals surface area contributed by atoms with Crippen molar-refractivity contribution >= 4 is 43.6 Å². The fourth-order valence-electron chi connectivity index (χ4n) is 13.5. The van der Waals surface area contributed by atoms with Crippen LogP contribution in [0.4, 0.5) is 13.2 Å². The number of hydrogen-bond donors (Lipinski definition) is 0. The van der Waals surface area contributed by atoms with Crippen molar-refractivity contribution in [2.45, 2.75) is 6.18 Å². The second-order valence-electron chi connectivity index (χ2n) is 23.0. The van der Waals surface area contributed by atoms with Crippen molar-refractivity contribution in [3.05, 3.63) is 314 Å². The van der Waals surface area contributed by atoms with E-state index in [0.29, 0.717) is 22.1 Å². The standard InChI is InChI=1S/C83H49F3N8/c84-83(85,86)70-31-13-26-61(51-88)77(70)78-75(93-71-46-57(62-27-14-40-89-79(62)53-18-5-1-6-19-53)32-36-66(71)67-37-33-58(47-72(67)93)63-28-15-41-90-80(63)54-20-7-2-8-21-54)44-52(50-87)45-76(78)94-73-48-59(64-29-16-42-91-81(64)55-22-9-3-10-23-55)34-38-68(73)69-39-35-60(49-74(69)94)65-30-17-43-92-82(65)56-24-11-4-12-25-56/h1-49H. The van der Waals surface area contributed by atoms with Gasteiger partial charge in [-0.15, -0.1) is 0 Å². The molecule has 0 atom stereocenters. The van der Waals surface area contributed by atoms with Crippen LogP contribution >= 0.6 is 0 Å². The van der Waals surface area contributed by atoms with Crippen molar-refractivity contribution in [2.24, 2.45) is 0 Å². The number of alkyl halides is 3. The van der Waals surface area contributed by atoms with Gasteiger partial charge in [-0.3, -0.25) is 19.9 Å². The zero-order valence-electron chi connectivity index (χ0n) is 50.0. The Hall–Kier alpha value is -12.8. The van der Waals surface area contributed by atoms with E-state index in [-0.39, 0.29) is 33.6 Å². The molecule has 0 N–H and O–H groups in total. The molecule has 0 amide bonds. The minimum atomic E-state index is -4.99. The molecule has 8 nitrogen and oxygen atoms in total. The molecule has 0 spiro atoms. The molecule has 94 heavy (non-hydrogen) atoms. The van der Waals surface area contributed by atoms with Crippen LogP contribution in [0.15, 0.2) is 298 Å². The van der Waals surface area contributed by atoms with Gasteiger partial charge in [0.15, 0.2) is 0 Å². The lowest BCUT2D eigenvalue weighted by molar-refractivity contribution is -0.137. The summed E-state index contributed by atoms with van der Waals surface area (Å²) in [5.74, 6) is 0. The SMILES string of the molecule is N#Cc1cc(-n2c3cc(-c4cccnc4-c4ccccc4)ccc3c3ccc(-c4cccnc4-c4ccccc4)cc32)c(-c2c(C#N)cccc2C(F)(F)F)c(-n2c3cc(-c4cccnc4-c4ccccc4)ccc3c3ccc(-c4cccnc4-c4ccccc4)cc32)c1. The summed E-state index contributed by atoms with van der Waals surface area (Å²) in [5, 5.41) is 26.2. The summed E-state index contributed by atoms with van der Waals surface area (Å²) in [4.78, 5) is 19.7. The van der Waals surface area contributed by atoms with Crippen molar-refractivity contribution in [1.82, 2.24) is 29.1 Å². The van der Waals surface area contributed by atoms with E-state index >= 15 is 13.2 Å². The number of benzene rings is 10. The van der Waals surface area contributed by atoms with Crippen molar-refractivity contribution in [2.75, 3.05) is 0 Å². The summed E-state index contributed by atoms with van der Waals surface area (Å²) in [6, 6.07) is 91.6. The maximum absolute atomic E-state index is 16.6. The molecule has 442 valence electrons. The highest BCUT2D eigenvalue weighted by Crippen LogP contribution is 2.50. The largest absolute Gasteiger partial charge is 0.417 e. The van der Waals surface area contributed by atoms with Gasteiger partial charge in [-0.1, -0.05) is 200 Å². The molecule has 0 bridgehead atoms. The smallest absolute Gasteiger partial charge is 0.308 e. The molecule has 0 aliphatic rings. The van der Waals surface area contributed by atoms with Gasteiger partial charge >= 0.3 is 6.18 Å². The summed E-state index contributed by atoms with van der Waals surface area (Å²) in [6.45, 7) is 0. The molecule has 0 saturated carbocycles. The van der Waals surface area contributed by atoms with Crippen LogP contribution < -0.4 is 0 Å². The molecule has 11 heteroatoms. The second kappa shape index (κ2) is 23.2. The Bertz CT molecular complexity index is 5160. The first-order chi connectivity index (χ1) is 46.2. The van der Waals surface area contributed by atoms with E-state index in [1.165, 1.54) is 12.1 Å². The third kappa shape index (κ3) is 9.71. The molecule has 10 aromatic carbocycles. The zero-order valence-corrected chi connectivity index (χ0v) is 50.0. The topological polar surface area (TPSA) is 109 Å². The first kappa shape index (κ1) is 56.4. The van der Waals surface area contributed by atoms with E-state index < -0.39 is 11.7 Å². The third-order valence-corrected chi connectivity index (χ3v) is 17.6. The number of hydrogen-bond acceptors (Lipinski definition) is 6. The minimum absolute atomic E-state index is 0.0584. The summed E-state index contributed by atoms with van der Waals surface area (Å²) >= 11 is 0. The average Bonchev–Trinajstić information content (AvgIpc) is 1.52. The van der Waals surface area contributed by atoms with Crippen LogP contribution in [0.25, 0.3) is 156 Å². The highest BCUT2D eigenvalue weighted by molar-refractivity contribution is 6.15. The van der Waals surface area contributed by atoms with E-state index in [4.69, 9.17) is 19.9 Å². The van der Waals surface area contributed by atoms with E-state index in [9.17, 15) is 10.5 Å². The molecule has 6 heterocycles. The van der Waals surface area contributed by atoms with E-state index in [1.807, 2.05) is 228 Å². The van der Waals surface area contributed by atoms with Gasteiger partial charge in [-0.25, -0.2) is 0 Å². The molecule has 0 unspecified atom stereocenters. The Kier molecular flexibility index (Phi) is 13.9. The van der Waals surface area contributed by atoms with Crippen LogP contribution in [0.1, 0.15) is 16.7 Å². The lowest BCUT2D eigenvalue weighted by Crippen LogP contribution is -2.12. The Balaban J connectivity index is 1.08. The van der Waals surface area contributed by atoms with Gasteiger partial charge in [-0.2, -0.15) is 23.7 Å². The van der Waals surface area contributed by atoms with Crippen LogP contribution in [0, 0.1) is 22.7 Å². The normalized spacial score (nSPS) is 11.5. The highest BCUT2D eigenvalue weighted by atomic mass is 19.4. The van der Waals surface area contributed by atoms with Gasteiger partial charge in [0.1, 0.15) is 0 Å². The van der Waals surface area contributed by atoms with Gasteiger partial charge < -0.3 is 9.13 Å². The maximum atomic E-state index is 16.6. The Morgan fingerprint density at radius 2 is 0.617 bits per heavy atom. The fraction of sp³-hybridized carbons (Fsp3) is 0.0120. The molecule has 0 aliphatic carbocycles. The number of halogens is 3. The highest BCUT2D eigenvalue weighted by Gasteiger charge is 2.38. The van der Waals surface area contributed by atoms with Gasteiger partial charge in [0, 0.05) is 102 Å². The Labute approximate surface area is 538 Å². The number of nitriles is 2. The monoisotopic (exact) mass is 1210 g/mol. The van der Waals surface area contributed by atoms with Gasteiger partial charge in [-0.05, 0) is 95.1 Å². The lowest BCUT2D eigenvalue weighted by atomic mass is 9.90. The van der Waals surface area contributed by atoms with Crippen LogP contribution in [0.3, 0.4) is 0 Å². The van der Waals surface area contributed by atoms with Crippen LogP contribution in [-0.4, -0.2) is 29.1 Å². The molecule has 16 rings (SSSR count). The molecule has 6 aromatic heterocycles. The predicted octanol–water partition coefficient (Wildman–Crippen LogP) is 21.2. The summed E-state index contributed by atoms with van der Waals surface area (Å²) in [6.07, 6.45) is 2.05. The van der Waals surface area contributed by atoms with Crippen LogP contribution in [0.2, 0.25) is 0 Å². The summed E-state index contributed by atoms with van der Waals surface area (Å²) in [5.41, 5.74) is 14.5. The van der Waals surface area contributed by atoms with E-state index in [1.54, 1.807) is 36.9 Å². The fourth-order valence-corrected chi connectivity index (χ4v) is 13.5. The Morgan fingerprint density at radius 3 is 0.904 bits per heavy atom. The van der Waals surface area contributed by atoms with Gasteiger partial charge in [0.2, 0.25) is 0 Å². The number of pyridine rings is 4. The number of rotatable bonds is 11. The Morgan fingerprint density at radius 1 is 0.298 bits per heavy atom. The van der Waals surface area contributed by atoms with Crippen molar-refractivity contribution in [3.8, 4) is 124 Å². The maximum Gasteiger partial charge on any atom is 0.417 e. The molecular weight excluding hydrogens is 1170 g/mol. The van der Waals surface area contributed by atoms with Crippen LogP contribution in [0.5, 0.6) is 0 Å². The summed E-state index contributed by atoms with van der Waals surface area (Å²) < 4.78 is 53.9. The first-order valence-corrected chi connectivity index (χ1v) is 30.6. The first-order valence-electron chi connectivity index (χ1n) is 30.6. The lowest BCUT2D eigenvalue weighted by Gasteiger charge is -2.24. The van der Waals surface area contributed by atoms with E-state index in [2.05, 4.69) is 36.4 Å². The average molecular weight is 1220 g/mol. The second-order valence-corrected chi connectivity index (χ2v) is 23.0. The number of aromatic nitrogens is 6. The summed E-state index contributed by atoms with van der Waals surface area (Å²) in [7, 11) is 0.